The molecule has 0 spiro atoms. The van der Waals surface area contributed by atoms with Crippen molar-refractivity contribution in [1.29, 1.82) is 0 Å². The monoisotopic (exact) mass is 445 g/mol. The maximum Gasteiger partial charge on any atom is 0.433 e. The summed E-state index contributed by atoms with van der Waals surface area (Å²) in [4.78, 5) is 18.3. The van der Waals surface area contributed by atoms with Gasteiger partial charge in [-0.1, -0.05) is 17.7 Å². The molecule has 7 nitrogen and oxygen atoms in total. The first-order valence-electron chi connectivity index (χ1n) is 9.18. The Bertz CT molecular complexity index is 830. The smallest absolute Gasteiger partial charge is 0.433 e. The Morgan fingerprint density at radius 1 is 1.33 bits per heavy atom. The van der Waals surface area contributed by atoms with Gasteiger partial charge in [-0.2, -0.15) is 13.2 Å². The summed E-state index contributed by atoms with van der Waals surface area (Å²) in [7, 11) is 2.04. The number of nitrogens with zero attached hydrogens (tertiary/aromatic N) is 3. The van der Waals surface area contributed by atoms with E-state index in [1.807, 2.05) is 7.05 Å². The average Bonchev–Trinajstić information content (AvgIpc) is 2.68. The van der Waals surface area contributed by atoms with Crippen LogP contribution in [0.2, 0.25) is 5.02 Å². The van der Waals surface area contributed by atoms with Gasteiger partial charge in [0, 0.05) is 35.1 Å². The van der Waals surface area contributed by atoms with Gasteiger partial charge in [-0.25, -0.2) is 9.97 Å². The van der Waals surface area contributed by atoms with E-state index in [0.29, 0.717) is 10.7 Å². The number of nitrogens with one attached hydrogen (secondary N) is 2. The van der Waals surface area contributed by atoms with E-state index < -0.39 is 11.9 Å². The largest absolute Gasteiger partial charge is 0.483 e. The Morgan fingerprint density at radius 2 is 2.00 bits per heavy atom. The van der Waals surface area contributed by atoms with Gasteiger partial charge in [0.2, 0.25) is 5.95 Å². The number of anilines is 2. The number of hydrogen-bond donors (Lipinski definition) is 3. The van der Waals surface area contributed by atoms with Gasteiger partial charge in [0.25, 0.3) is 6.47 Å². The molecule has 0 unspecified atom stereocenters. The topological polar surface area (TPSA) is 90.4 Å². The zero-order valence-electron chi connectivity index (χ0n) is 16.3. The molecule has 1 fully saturated rings. The molecule has 0 atom stereocenters. The van der Waals surface area contributed by atoms with Crippen LogP contribution in [0.3, 0.4) is 0 Å². The fourth-order valence-corrected chi connectivity index (χ4v) is 3.19. The van der Waals surface area contributed by atoms with Gasteiger partial charge in [-0.05, 0) is 51.2 Å². The first-order chi connectivity index (χ1) is 14.2. The summed E-state index contributed by atoms with van der Waals surface area (Å²) < 4.78 is 40.4. The summed E-state index contributed by atoms with van der Waals surface area (Å²) in [6.45, 7) is 1.70. The molecular weight excluding hydrogens is 423 g/mol. The van der Waals surface area contributed by atoms with Crippen LogP contribution in [0.25, 0.3) is 0 Å². The molecule has 0 amide bonds. The Kier molecular flexibility index (Phi) is 8.82. The number of carboxylic acid groups (broad SMARTS) is 1. The molecule has 1 aliphatic heterocycles. The van der Waals surface area contributed by atoms with Gasteiger partial charge in [0.15, 0.2) is 5.69 Å². The van der Waals surface area contributed by atoms with Crippen LogP contribution >= 0.6 is 11.6 Å². The number of benzene rings is 1. The van der Waals surface area contributed by atoms with Crippen molar-refractivity contribution in [3.05, 3.63) is 46.7 Å². The summed E-state index contributed by atoms with van der Waals surface area (Å²) in [6.07, 6.45) is -1.51. The van der Waals surface area contributed by atoms with Crippen molar-refractivity contribution in [2.75, 3.05) is 25.5 Å². The molecule has 164 valence electrons. The van der Waals surface area contributed by atoms with Crippen LogP contribution < -0.4 is 10.6 Å². The van der Waals surface area contributed by atoms with Crippen molar-refractivity contribution in [2.45, 2.75) is 31.6 Å². The number of rotatable bonds is 5. The minimum absolute atomic E-state index is 0.0399. The molecule has 1 saturated heterocycles. The molecule has 1 aromatic carbocycles. The lowest BCUT2D eigenvalue weighted by molar-refractivity contribution is -0.141. The molecule has 11 heteroatoms. The summed E-state index contributed by atoms with van der Waals surface area (Å²) in [5, 5.41) is 13.3. The minimum Gasteiger partial charge on any atom is -0.483 e. The van der Waals surface area contributed by atoms with Crippen molar-refractivity contribution >= 4 is 29.7 Å². The number of aromatic nitrogens is 2. The van der Waals surface area contributed by atoms with E-state index in [2.05, 4.69) is 25.5 Å². The van der Waals surface area contributed by atoms with Gasteiger partial charge < -0.3 is 20.6 Å². The van der Waals surface area contributed by atoms with Crippen LogP contribution in [0.1, 0.15) is 24.1 Å². The number of halogens is 4. The molecule has 3 rings (SSSR count). The number of piperidine rings is 1. The third-order valence-electron chi connectivity index (χ3n) is 4.51. The molecule has 1 aliphatic rings. The lowest BCUT2D eigenvalue weighted by Crippen LogP contribution is -2.40. The van der Waals surface area contributed by atoms with E-state index in [1.54, 1.807) is 24.3 Å². The third-order valence-corrected chi connectivity index (χ3v) is 4.75. The van der Waals surface area contributed by atoms with Crippen molar-refractivity contribution in [3.63, 3.8) is 0 Å². The van der Waals surface area contributed by atoms with Gasteiger partial charge >= 0.3 is 6.18 Å². The molecule has 0 saturated carbocycles. The SMILES string of the molecule is CN1CCC(NCc2cnc(Nc3cccc(Cl)c3)nc2C(F)(F)F)CC1.O=CO. The average molecular weight is 446 g/mol. The third kappa shape index (κ3) is 7.43. The highest BCUT2D eigenvalue weighted by atomic mass is 35.5. The molecule has 3 N–H and O–H groups in total. The Morgan fingerprint density at radius 3 is 2.60 bits per heavy atom. The summed E-state index contributed by atoms with van der Waals surface area (Å²) in [5.74, 6) is -0.118. The van der Waals surface area contributed by atoms with E-state index in [0.717, 1.165) is 25.9 Å². The molecule has 0 bridgehead atoms. The van der Waals surface area contributed by atoms with Crippen LogP contribution in [-0.2, 0) is 17.5 Å². The molecule has 0 aliphatic carbocycles. The van der Waals surface area contributed by atoms with Crippen LogP contribution in [0, 0.1) is 0 Å². The normalized spacial score (nSPS) is 15.2. The maximum atomic E-state index is 13.5. The number of alkyl halides is 3. The number of hydrogen-bond acceptors (Lipinski definition) is 6. The highest BCUT2D eigenvalue weighted by Crippen LogP contribution is 2.31. The zero-order chi connectivity index (χ0) is 22.1. The Balaban J connectivity index is 0.00000101. The van der Waals surface area contributed by atoms with Crippen LogP contribution in [0.4, 0.5) is 24.8 Å². The first kappa shape index (κ1) is 23.8. The lowest BCUT2D eigenvalue weighted by Gasteiger charge is -2.29. The maximum absolute atomic E-state index is 13.5. The van der Waals surface area contributed by atoms with E-state index in [4.69, 9.17) is 21.5 Å². The van der Waals surface area contributed by atoms with Crippen molar-refractivity contribution in [2.24, 2.45) is 0 Å². The zero-order valence-corrected chi connectivity index (χ0v) is 17.0. The Hall–Kier alpha value is -2.43. The van der Waals surface area contributed by atoms with Crippen LogP contribution in [-0.4, -0.2) is 52.6 Å². The highest BCUT2D eigenvalue weighted by Gasteiger charge is 2.36. The quantitative estimate of drug-likeness (QED) is 0.603. The van der Waals surface area contributed by atoms with Gasteiger partial charge in [-0.3, -0.25) is 4.79 Å². The molecule has 2 heterocycles. The summed E-state index contributed by atoms with van der Waals surface area (Å²) in [6, 6.07) is 6.83. The van der Waals surface area contributed by atoms with Gasteiger partial charge in [0.05, 0.1) is 0 Å². The second-order valence-corrected chi connectivity index (χ2v) is 7.20. The number of likely N-dealkylation sites (tertiary alicyclic amines) is 1. The second kappa shape index (κ2) is 11.1. The van der Waals surface area contributed by atoms with E-state index >= 15 is 0 Å². The lowest BCUT2D eigenvalue weighted by atomic mass is 10.1. The van der Waals surface area contributed by atoms with Gasteiger partial charge in [0.1, 0.15) is 0 Å². The predicted molar refractivity (Wildman–Crippen MR) is 108 cm³/mol. The molecule has 30 heavy (non-hydrogen) atoms. The van der Waals surface area contributed by atoms with Crippen LogP contribution in [0.5, 0.6) is 0 Å². The standard InChI is InChI=1S/C18H21ClF3N5.CH2O2/c1-27-7-5-14(6-8-27)23-10-12-11-24-17(26-16(12)18(20,21)22)25-15-4-2-3-13(19)9-15;2-1-3/h2-4,9,11,14,23H,5-8,10H2,1H3,(H,24,25,26);1H,(H,2,3). The highest BCUT2D eigenvalue weighted by molar-refractivity contribution is 6.30. The van der Waals surface area contributed by atoms with E-state index in [9.17, 15) is 13.2 Å². The van der Waals surface area contributed by atoms with Crippen molar-refractivity contribution in [1.82, 2.24) is 20.2 Å². The molecule has 2 aromatic rings. The fourth-order valence-electron chi connectivity index (χ4n) is 3.00. The molecule has 1 aromatic heterocycles. The number of carbonyl (C=O) groups is 1. The van der Waals surface area contributed by atoms with E-state index in [-0.39, 0.29) is 30.6 Å². The minimum atomic E-state index is -4.56. The van der Waals surface area contributed by atoms with Gasteiger partial charge in [-0.15, -0.1) is 0 Å². The Labute approximate surface area is 177 Å². The fraction of sp³-hybridized carbons (Fsp3) is 0.421. The first-order valence-corrected chi connectivity index (χ1v) is 9.56. The molecule has 0 radical (unpaired) electrons. The summed E-state index contributed by atoms with van der Waals surface area (Å²) in [5.41, 5.74) is -0.367. The van der Waals surface area contributed by atoms with Crippen molar-refractivity contribution in [3.8, 4) is 0 Å². The van der Waals surface area contributed by atoms with Crippen molar-refractivity contribution < 1.29 is 23.1 Å². The summed E-state index contributed by atoms with van der Waals surface area (Å²) >= 11 is 5.89. The molecular formula is C19H23ClF3N5O2. The van der Waals surface area contributed by atoms with Crippen LogP contribution in [0.15, 0.2) is 30.5 Å². The predicted octanol–water partition coefficient (Wildman–Crippen LogP) is 3.78. The second-order valence-electron chi connectivity index (χ2n) is 6.76. The van der Waals surface area contributed by atoms with E-state index in [1.165, 1.54) is 6.20 Å².